The monoisotopic (exact) mass is 250 g/mol. The highest BCUT2D eigenvalue weighted by Crippen LogP contribution is 2.33. The molecular weight excluding hydrogens is 228 g/mol. The standard InChI is InChI=1S/C15H22O3/c1-11(2)14(17)18-10-15(3,4)13(16)12-8-6-5-7-9-12/h5-9,11,13,16H,10H2,1-4H3/t13-/m0/s1. The predicted octanol–water partition coefficient (Wildman–Crippen LogP) is 2.95. The highest BCUT2D eigenvalue weighted by Gasteiger charge is 2.31. The van der Waals surface area contributed by atoms with Crippen LogP contribution in [0.1, 0.15) is 39.4 Å². The molecule has 0 heterocycles. The van der Waals surface area contributed by atoms with E-state index in [2.05, 4.69) is 0 Å². The van der Waals surface area contributed by atoms with E-state index in [0.29, 0.717) is 0 Å². The molecule has 0 amide bonds. The van der Waals surface area contributed by atoms with Crippen molar-refractivity contribution in [2.45, 2.75) is 33.8 Å². The minimum absolute atomic E-state index is 0.144. The van der Waals surface area contributed by atoms with Crippen molar-refractivity contribution >= 4 is 5.97 Å². The van der Waals surface area contributed by atoms with Crippen molar-refractivity contribution in [2.24, 2.45) is 11.3 Å². The van der Waals surface area contributed by atoms with Crippen molar-refractivity contribution < 1.29 is 14.6 Å². The van der Waals surface area contributed by atoms with Crippen LogP contribution in [0, 0.1) is 11.3 Å². The lowest BCUT2D eigenvalue weighted by molar-refractivity contribution is -0.153. The first-order valence-corrected chi connectivity index (χ1v) is 6.24. The van der Waals surface area contributed by atoms with Crippen molar-refractivity contribution in [3.8, 4) is 0 Å². The quantitative estimate of drug-likeness (QED) is 0.817. The second-order valence-corrected chi connectivity index (χ2v) is 5.56. The smallest absolute Gasteiger partial charge is 0.308 e. The predicted molar refractivity (Wildman–Crippen MR) is 71.0 cm³/mol. The van der Waals surface area contributed by atoms with Crippen molar-refractivity contribution in [1.82, 2.24) is 0 Å². The molecule has 0 fully saturated rings. The Bertz CT molecular complexity index is 382. The third kappa shape index (κ3) is 3.84. The Hall–Kier alpha value is -1.35. The summed E-state index contributed by atoms with van der Waals surface area (Å²) < 4.78 is 5.21. The highest BCUT2D eigenvalue weighted by molar-refractivity contribution is 5.71. The van der Waals surface area contributed by atoms with Gasteiger partial charge in [-0.1, -0.05) is 58.0 Å². The molecule has 0 saturated heterocycles. The number of carbonyl (C=O) groups excluding carboxylic acids is 1. The topological polar surface area (TPSA) is 46.5 Å². The Labute approximate surface area is 109 Å². The average Bonchev–Trinajstić information content (AvgIpc) is 2.36. The van der Waals surface area contributed by atoms with Gasteiger partial charge in [0.2, 0.25) is 0 Å². The molecule has 0 bridgehead atoms. The van der Waals surface area contributed by atoms with E-state index in [4.69, 9.17) is 4.74 Å². The molecule has 0 aliphatic rings. The first-order chi connectivity index (χ1) is 8.34. The van der Waals surface area contributed by atoms with Crippen LogP contribution in [0.3, 0.4) is 0 Å². The van der Waals surface area contributed by atoms with Gasteiger partial charge in [0.25, 0.3) is 0 Å². The van der Waals surface area contributed by atoms with E-state index in [0.717, 1.165) is 5.56 Å². The van der Waals surface area contributed by atoms with Crippen LogP contribution in [0.15, 0.2) is 30.3 Å². The van der Waals surface area contributed by atoms with Gasteiger partial charge in [0.05, 0.1) is 18.6 Å². The average molecular weight is 250 g/mol. The van der Waals surface area contributed by atoms with Gasteiger partial charge in [0.15, 0.2) is 0 Å². The van der Waals surface area contributed by atoms with Gasteiger partial charge in [-0.3, -0.25) is 4.79 Å². The van der Waals surface area contributed by atoms with Crippen LogP contribution < -0.4 is 0 Å². The molecule has 0 aromatic heterocycles. The van der Waals surface area contributed by atoms with Crippen LogP contribution in [-0.4, -0.2) is 17.7 Å². The maximum absolute atomic E-state index is 11.4. The minimum atomic E-state index is -0.654. The molecule has 0 spiro atoms. The maximum Gasteiger partial charge on any atom is 0.308 e. The summed E-state index contributed by atoms with van der Waals surface area (Å²) in [7, 11) is 0. The van der Waals surface area contributed by atoms with Crippen molar-refractivity contribution in [1.29, 1.82) is 0 Å². The highest BCUT2D eigenvalue weighted by atomic mass is 16.5. The normalized spacial score (nSPS) is 13.4. The zero-order valence-electron chi connectivity index (χ0n) is 11.5. The first-order valence-electron chi connectivity index (χ1n) is 6.24. The zero-order chi connectivity index (χ0) is 13.8. The Kier molecular flexibility index (Phi) is 4.91. The minimum Gasteiger partial charge on any atom is -0.465 e. The van der Waals surface area contributed by atoms with Gasteiger partial charge in [-0.25, -0.2) is 0 Å². The molecule has 1 rings (SSSR count). The summed E-state index contributed by atoms with van der Waals surface area (Å²) in [5.41, 5.74) is 0.328. The molecule has 1 N–H and O–H groups in total. The van der Waals surface area contributed by atoms with E-state index in [9.17, 15) is 9.90 Å². The van der Waals surface area contributed by atoms with Gasteiger partial charge in [-0.2, -0.15) is 0 Å². The van der Waals surface area contributed by atoms with Crippen molar-refractivity contribution in [3.63, 3.8) is 0 Å². The molecular formula is C15H22O3. The molecule has 18 heavy (non-hydrogen) atoms. The third-order valence-corrected chi connectivity index (χ3v) is 2.91. The lowest BCUT2D eigenvalue weighted by atomic mass is 9.83. The maximum atomic E-state index is 11.4. The molecule has 0 aliphatic heterocycles. The largest absolute Gasteiger partial charge is 0.465 e. The number of carbonyl (C=O) groups is 1. The molecule has 3 nitrogen and oxygen atoms in total. The van der Waals surface area contributed by atoms with Gasteiger partial charge >= 0.3 is 5.97 Å². The molecule has 0 unspecified atom stereocenters. The number of esters is 1. The van der Waals surface area contributed by atoms with Crippen LogP contribution in [0.25, 0.3) is 0 Å². The van der Waals surface area contributed by atoms with Gasteiger partial charge in [0, 0.05) is 5.41 Å². The second kappa shape index (κ2) is 6.01. The van der Waals surface area contributed by atoms with Crippen molar-refractivity contribution in [3.05, 3.63) is 35.9 Å². The molecule has 1 aromatic carbocycles. The first kappa shape index (κ1) is 14.7. The summed E-state index contributed by atoms with van der Waals surface area (Å²) in [6, 6.07) is 9.42. The number of hydrogen-bond acceptors (Lipinski definition) is 3. The number of ether oxygens (including phenoxy) is 1. The number of hydrogen-bond donors (Lipinski definition) is 1. The Morgan fingerprint density at radius 3 is 2.33 bits per heavy atom. The fraction of sp³-hybridized carbons (Fsp3) is 0.533. The molecule has 1 aromatic rings. The Balaban J connectivity index is 2.66. The summed E-state index contributed by atoms with van der Waals surface area (Å²) in [6.07, 6.45) is -0.654. The Morgan fingerprint density at radius 1 is 1.28 bits per heavy atom. The fourth-order valence-electron chi connectivity index (χ4n) is 1.59. The molecule has 3 heteroatoms. The van der Waals surface area contributed by atoms with E-state index >= 15 is 0 Å². The summed E-state index contributed by atoms with van der Waals surface area (Å²) in [5, 5.41) is 10.3. The summed E-state index contributed by atoms with van der Waals surface area (Å²) in [6.45, 7) is 7.57. The van der Waals surface area contributed by atoms with E-state index in [1.165, 1.54) is 0 Å². The van der Waals surface area contributed by atoms with E-state index < -0.39 is 11.5 Å². The second-order valence-electron chi connectivity index (χ2n) is 5.56. The van der Waals surface area contributed by atoms with Crippen LogP contribution in [-0.2, 0) is 9.53 Å². The number of rotatable bonds is 5. The number of benzene rings is 1. The van der Waals surface area contributed by atoms with Crippen LogP contribution in [0.5, 0.6) is 0 Å². The molecule has 0 saturated carbocycles. The van der Waals surface area contributed by atoms with E-state index in [1.807, 2.05) is 44.2 Å². The lowest BCUT2D eigenvalue weighted by Crippen LogP contribution is -2.30. The van der Waals surface area contributed by atoms with Gasteiger partial charge in [-0.05, 0) is 5.56 Å². The molecule has 1 atom stereocenters. The van der Waals surface area contributed by atoms with E-state index in [-0.39, 0.29) is 18.5 Å². The number of aliphatic hydroxyl groups is 1. The zero-order valence-corrected chi connectivity index (χ0v) is 11.5. The van der Waals surface area contributed by atoms with Crippen LogP contribution in [0.4, 0.5) is 0 Å². The van der Waals surface area contributed by atoms with Crippen LogP contribution in [0.2, 0.25) is 0 Å². The van der Waals surface area contributed by atoms with Crippen molar-refractivity contribution in [2.75, 3.05) is 6.61 Å². The lowest BCUT2D eigenvalue weighted by Gasteiger charge is -2.30. The third-order valence-electron chi connectivity index (χ3n) is 2.91. The number of aliphatic hydroxyl groups excluding tert-OH is 1. The van der Waals surface area contributed by atoms with Gasteiger partial charge in [0.1, 0.15) is 0 Å². The summed E-state index contributed by atoms with van der Waals surface area (Å²) >= 11 is 0. The SMILES string of the molecule is CC(C)C(=O)OCC(C)(C)[C@@H](O)c1ccccc1. The molecule has 100 valence electrons. The van der Waals surface area contributed by atoms with Gasteiger partial charge < -0.3 is 9.84 Å². The fourth-order valence-corrected chi connectivity index (χ4v) is 1.59. The van der Waals surface area contributed by atoms with Crippen LogP contribution >= 0.6 is 0 Å². The summed E-state index contributed by atoms with van der Waals surface area (Å²) in [5.74, 6) is -0.377. The van der Waals surface area contributed by atoms with Gasteiger partial charge in [-0.15, -0.1) is 0 Å². The van der Waals surface area contributed by atoms with E-state index in [1.54, 1.807) is 13.8 Å². The molecule has 0 aliphatic carbocycles. The summed E-state index contributed by atoms with van der Waals surface area (Å²) in [4.78, 5) is 11.4. The Morgan fingerprint density at radius 2 is 1.83 bits per heavy atom. The molecule has 0 radical (unpaired) electrons.